The molecule has 2 N–H and O–H groups in total. The lowest BCUT2D eigenvalue weighted by Crippen LogP contribution is -2.19. The van der Waals surface area contributed by atoms with Crippen molar-refractivity contribution in [2.75, 3.05) is 0 Å². The van der Waals surface area contributed by atoms with Crippen LogP contribution < -0.4 is 0 Å². The third-order valence-corrected chi connectivity index (χ3v) is 3.00. The predicted molar refractivity (Wildman–Crippen MR) is 70.9 cm³/mol. The highest BCUT2D eigenvalue weighted by Crippen LogP contribution is 2.12. The van der Waals surface area contributed by atoms with Gasteiger partial charge in [0.15, 0.2) is 0 Å². The first kappa shape index (κ1) is 14.2. The Morgan fingerprint density at radius 3 is 2.35 bits per heavy atom. The Morgan fingerprint density at radius 1 is 1.00 bits per heavy atom. The van der Waals surface area contributed by atoms with Gasteiger partial charge in [0.05, 0.1) is 12.2 Å². The first-order valence-electron chi connectivity index (χ1n) is 6.62. The molecule has 96 valence electrons. The molecule has 2 atom stereocenters. The summed E-state index contributed by atoms with van der Waals surface area (Å²) in [5.41, 5.74) is 1.13. The van der Waals surface area contributed by atoms with E-state index in [1.807, 2.05) is 30.3 Å². The van der Waals surface area contributed by atoms with Gasteiger partial charge in [0.2, 0.25) is 0 Å². The summed E-state index contributed by atoms with van der Waals surface area (Å²) in [6.45, 7) is 2.15. The van der Waals surface area contributed by atoms with Gasteiger partial charge in [0, 0.05) is 0 Å². The van der Waals surface area contributed by atoms with Crippen molar-refractivity contribution < 1.29 is 10.2 Å². The molecule has 0 unspecified atom stereocenters. The summed E-state index contributed by atoms with van der Waals surface area (Å²) in [4.78, 5) is 0. The Labute approximate surface area is 104 Å². The van der Waals surface area contributed by atoms with E-state index in [4.69, 9.17) is 0 Å². The molecule has 1 rings (SSSR count). The van der Waals surface area contributed by atoms with E-state index in [1.54, 1.807) is 0 Å². The third-order valence-electron chi connectivity index (χ3n) is 3.00. The average molecular weight is 236 g/mol. The van der Waals surface area contributed by atoms with Crippen LogP contribution in [0.25, 0.3) is 0 Å². The van der Waals surface area contributed by atoms with Gasteiger partial charge in [-0.2, -0.15) is 0 Å². The maximum atomic E-state index is 9.87. The Kier molecular flexibility index (Phi) is 6.90. The Hall–Kier alpha value is -0.860. The molecule has 0 spiro atoms. The zero-order valence-electron chi connectivity index (χ0n) is 10.7. The molecule has 1 aromatic rings. The van der Waals surface area contributed by atoms with Gasteiger partial charge in [-0.1, -0.05) is 56.5 Å². The molecule has 0 saturated heterocycles. The molecular weight excluding hydrogens is 212 g/mol. The average Bonchev–Trinajstić information content (AvgIpc) is 2.30. The van der Waals surface area contributed by atoms with E-state index in [9.17, 15) is 10.2 Å². The number of hydrogen-bond acceptors (Lipinski definition) is 2. The Morgan fingerprint density at radius 2 is 1.71 bits per heavy atom. The summed E-state index contributed by atoms with van der Waals surface area (Å²) in [5, 5.41) is 19.6. The van der Waals surface area contributed by atoms with E-state index in [0.717, 1.165) is 24.8 Å². The van der Waals surface area contributed by atoms with Crippen molar-refractivity contribution in [3.63, 3.8) is 0 Å². The van der Waals surface area contributed by atoms with Crippen LogP contribution in [0.15, 0.2) is 30.3 Å². The number of aliphatic hydroxyl groups excluding tert-OH is 2. The number of aliphatic hydroxyl groups is 2. The van der Waals surface area contributed by atoms with Gasteiger partial charge in [-0.3, -0.25) is 0 Å². The number of rotatable bonds is 8. The van der Waals surface area contributed by atoms with Crippen LogP contribution in [0.3, 0.4) is 0 Å². The van der Waals surface area contributed by atoms with E-state index in [2.05, 4.69) is 6.92 Å². The van der Waals surface area contributed by atoms with Gasteiger partial charge in [0.25, 0.3) is 0 Å². The largest absolute Gasteiger partial charge is 0.393 e. The van der Waals surface area contributed by atoms with Crippen molar-refractivity contribution in [3.05, 3.63) is 35.9 Å². The zero-order valence-corrected chi connectivity index (χ0v) is 10.7. The van der Waals surface area contributed by atoms with E-state index in [1.165, 1.54) is 6.42 Å². The highest BCUT2D eigenvalue weighted by atomic mass is 16.3. The van der Waals surface area contributed by atoms with Crippen LogP contribution in [0, 0.1) is 0 Å². The summed E-state index contributed by atoms with van der Waals surface area (Å²) >= 11 is 0. The van der Waals surface area contributed by atoms with Crippen molar-refractivity contribution in [1.82, 2.24) is 0 Å². The minimum Gasteiger partial charge on any atom is -0.393 e. The third kappa shape index (κ3) is 6.44. The SMILES string of the molecule is CCCCC[C@H](O)C[C@@H](O)Cc1ccccc1. The van der Waals surface area contributed by atoms with Crippen molar-refractivity contribution in [3.8, 4) is 0 Å². The summed E-state index contributed by atoms with van der Waals surface area (Å²) in [7, 11) is 0. The lowest BCUT2D eigenvalue weighted by molar-refractivity contribution is 0.0744. The molecule has 0 bridgehead atoms. The van der Waals surface area contributed by atoms with Gasteiger partial charge in [0.1, 0.15) is 0 Å². The van der Waals surface area contributed by atoms with Crippen LogP contribution in [0.2, 0.25) is 0 Å². The molecule has 0 aliphatic carbocycles. The minimum atomic E-state index is -0.436. The number of benzene rings is 1. The fourth-order valence-corrected chi connectivity index (χ4v) is 2.03. The van der Waals surface area contributed by atoms with Gasteiger partial charge in [-0.25, -0.2) is 0 Å². The molecule has 0 heterocycles. The van der Waals surface area contributed by atoms with Crippen molar-refractivity contribution in [2.24, 2.45) is 0 Å². The topological polar surface area (TPSA) is 40.5 Å². The van der Waals surface area contributed by atoms with Gasteiger partial charge >= 0.3 is 0 Å². The maximum Gasteiger partial charge on any atom is 0.0605 e. The monoisotopic (exact) mass is 236 g/mol. The minimum absolute atomic E-state index is 0.361. The fraction of sp³-hybridized carbons (Fsp3) is 0.600. The molecule has 0 aliphatic rings. The molecule has 0 aromatic heterocycles. The molecule has 2 heteroatoms. The molecule has 2 nitrogen and oxygen atoms in total. The first-order valence-corrected chi connectivity index (χ1v) is 6.62. The molecule has 17 heavy (non-hydrogen) atoms. The maximum absolute atomic E-state index is 9.87. The predicted octanol–water partition coefficient (Wildman–Crippen LogP) is 2.92. The van der Waals surface area contributed by atoms with E-state index < -0.39 is 6.10 Å². The van der Waals surface area contributed by atoms with E-state index in [-0.39, 0.29) is 6.10 Å². The standard InChI is InChI=1S/C15H24O2/c1-2-3-5-10-14(16)12-15(17)11-13-8-6-4-7-9-13/h4,6-9,14-17H,2-3,5,10-12H2,1H3/t14-,15-/m0/s1. The summed E-state index contributed by atoms with van der Waals surface area (Å²) in [5.74, 6) is 0. The van der Waals surface area contributed by atoms with Crippen LogP contribution >= 0.6 is 0 Å². The second kappa shape index (κ2) is 8.26. The van der Waals surface area contributed by atoms with Crippen molar-refractivity contribution in [1.29, 1.82) is 0 Å². The van der Waals surface area contributed by atoms with Crippen LogP contribution in [0.4, 0.5) is 0 Å². The lowest BCUT2D eigenvalue weighted by atomic mass is 10.0. The van der Waals surface area contributed by atoms with Crippen LogP contribution in [-0.4, -0.2) is 22.4 Å². The molecule has 0 saturated carbocycles. The molecule has 0 radical (unpaired) electrons. The van der Waals surface area contributed by atoms with Gasteiger partial charge < -0.3 is 10.2 Å². The molecule has 0 fully saturated rings. The van der Waals surface area contributed by atoms with E-state index in [0.29, 0.717) is 12.8 Å². The van der Waals surface area contributed by atoms with Crippen LogP contribution in [0.5, 0.6) is 0 Å². The zero-order chi connectivity index (χ0) is 12.5. The summed E-state index contributed by atoms with van der Waals surface area (Å²) in [6.07, 6.45) is 4.50. The Balaban J connectivity index is 2.22. The first-order chi connectivity index (χ1) is 8.22. The highest BCUT2D eigenvalue weighted by molar-refractivity contribution is 5.15. The van der Waals surface area contributed by atoms with Gasteiger partial charge in [-0.15, -0.1) is 0 Å². The second-order valence-corrected chi connectivity index (χ2v) is 4.73. The molecule has 0 amide bonds. The molecule has 1 aromatic carbocycles. The normalized spacial score (nSPS) is 14.5. The van der Waals surface area contributed by atoms with Crippen molar-refractivity contribution >= 4 is 0 Å². The summed E-state index contributed by atoms with van der Waals surface area (Å²) < 4.78 is 0. The number of hydrogen-bond donors (Lipinski definition) is 2. The fourth-order valence-electron chi connectivity index (χ4n) is 2.03. The quantitative estimate of drug-likeness (QED) is 0.681. The van der Waals surface area contributed by atoms with Crippen LogP contribution in [0.1, 0.15) is 44.6 Å². The smallest absolute Gasteiger partial charge is 0.0605 e. The lowest BCUT2D eigenvalue weighted by Gasteiger charge is -2.15. The second-order valence-electron chi connectivity index (χ2n) is 4.73. The molecular formula is C15H24O2. The Bertz CT molecular complexity index is 284. The number of unbranched alkanes of at least 4 members (excludes halogenated alkanes) is 2. The van der Waals surface area contributed by atoms with Crippen LogP contribution in [-0.2, 0) is 6.42 Å². The highest BCUT2D eigenvalue weighted by Gasteiger charge is 2.12. The van der Waals surface area contributed by atoms with Gasteiger partial charge in [-0.05, 0) is 24.8 Å². The molecule has 0 aliphatic heterocycles. The van der Waals surface area contributed by atoms with Crippen molar-refractivity contribution in [2.45, 2.75) is 57.7 Å². The van der Waals surface area contributed by atoms with E-state index >= 15 is 0 Å². The summed E-state index contributed by atoms with van der Waals surface area (Å²) in [6, 6.07) is 9.92.